The molecule has 0 bridgehead atoms. The molecule has 0 aromatic carbocycles. The summed E-state index contributed by atoms with van der Waals surface area (Å²) in [6.07, 6.45) is 13.3. The Labute approximate surface area is 216 Å². The van der Waals surface area contributed by atoms with Crippen LogP contribution in [0.3, 0.4) is 0 Å². The molecule has 1 N–H and O–H groups in total. The molecular weight excluding hydrogens is 476 g/mol. The Balaban J connectivity index is 1.20. The molecule has 0 spiro atoms. The third kappa shape index (κ3) is 6.55. The predicted molar refractivity (Wildman–Crippen MR) is 143 cm³/mol. The van der Waals surface area contributed by atoms with Gasteiger partial charge in [-0.25, -0.2) is 19.9 Å². The number of aromatic nitrogens is 5. The van der Waals surface area contributed by atoms with Gasteiger partial charge in [-0.15, -0.1) is 0 Å². The molecule has 1 atom stereocenters. The summed E-state index contributed by atoms with van der Waals surface area (Å²) in [5.74, 6) is 0.703. The van der Waals surface area contributed by atoms with E-state index in [0.29, 0.717) is 17.1 Å². The van der Waals surface area contributed by atoms with Gasteiger partial charge in [-0.2, -0.15) is 0 Å². The monoisotopic (exact) mass is 510 g/mol. The third-order valence-corrected chi connectivity index (χ3v) is 8.85. The highest BCUT2D eigenvalue weighted by atomic mass is 32.2. The Morgan fingerprint density at radius 2 is 1.91 bits per heavy atom. The van der Waals surface area contributed by atoms with Crippen LogP contribution in [-0.2, 0) is 6.54 Å². The number of hydrogen-bond acceptors (Lipinski definition) is 10. The second-order valence-corrected chi connectivity index (χ2v) is 12.0. The van der Waals surface area contributed by atoms with Crippen molar-refractivity contribution in [1.82, 2.24) is 34.7 Å². The van der Waals surface area contributed by atoms with Gasteiger partial charge in [0.25, 0.3) is 0 Å². The molecule has 2 fully saturated rings. The summed E-state index contributed by atoms with van der Waals surface area (Å²) in [4.78, 5) is 29.1. The van der Waals surface area contributed by atoms with Gasteiger partial charge in [-0.3, -0.25) is 9.88 Å². The number of thioether (sulfide) groups is 1. The maximum absolute atomic E-state index is 4.85. The number of likely N-dealkylation sites (tertiary alicyclic amines) is 1. The lowest BCUT2D eigenvalue weighted by Crippen LogP contribution is -2.31. The molecule has 1 aliphatic carbocycles. The highest BCUT2D eigenvalue weighted by Gasteiger charge is 2.24. The lowest BCUT2D eigenvalue weighted by atomic mass is 10.0. The molecule has 4 heterocycles. The molecule has 5 rings (SSSR count). The molecule has 0 amide bonds. The Morgan fingerprint density at radius 3 is 2.66 bits per heavy atom. The molecule has 2 aliphatic rings. The normalized spacial score (nSPS) is 19.5. The first kappa shape index (κ1) is 24.5. The van der Waals surface area contributed by atoms with Crippen molar-refractivity contribution < 1.29 is 0 Å². The molecule has 1 saturated carbocycles. The Bertz CT molecular complexity index is 1110. The first-order chi connectivity index (χ1) is 17.0. The minimum Gasteiger partial charge on any atom is -0.315 e. The molecule has 10 heteroatoms. The van der Waals surface area contributed by atoms with Crippen LogP contribution in [0.5, 0.6) is 0 Å². The molecule has 8 nitrogen and oxygen atoms in total. The van der Waals surface area contributed by atoms with E-state index in [9.17, 15) is 0 Å². The van der Waals surface area contributed by atoms with Crippen LogP contribution in [0.1, 0.15) is 49.9 Å². The fourth-order valence-corrected chi connectivity index (χ4v) is 6.72. The predicted octanol–water partition coefficient (Wildman–Crippen LogP) is 5.00. The van der Waals surface area contributed by atoms with Gasteiger partial charge in [0.05, 0.1) is 28.7 Å². The van der Waals surface area contributed by atoms with Crippen LogP contribution >= 0.6 is 23.1 Å². The molecule has 1 unspecified atom stereocenters. The number of aryl methyl sites for hydroxylation is 1. The highest BCUT2D eigenvalue weighted by Crippen LogP contribution is 2.34. The van der Waals surface area contributed by atoms with Gasteiger partial charge in [-0.05, 0) is 46.3 Å². The van der Waals surface area contributed by atoms with Gasteiger partial charge >= 0.3 is 0 Å². The fourth-order valence-electron chi connectivity index (χ4n) is 4.72. The van der Waals surface area contributed by atoms with E-state index in [2.05, 4.69) is 49.1 Å². The van der Waals surface area contributed by atoms with E-state index in [4.69, 9.17) is 4.98 Å². The Morgan fingerprint density at radius 1 is 1.06 bits per heavy atom. The lowest BCUT2D eigenvalue weighted by Gasteiger charge is -2.20. The summed E-state index contributed by atoms with van der Waals surface area (Å²) < 4.78 is 0. The lowest BCUT2D eigenvalue weighted by molar-refractivity contribution is 0.263. The van der Waals surface area contributed by atoms with Gasteiger partial charge < -0.3 is 10.2 Å². The van der Waals surface area contributed by atoms with Gasteiger partial charge in [0, 0.05) is 42.8 Å². The maximum atomic E-state index is 4.85. The van der Waals surface area contributed by atoms with E-state index in [-0.39, 0.29) is 0 Å². The molecule has 1 saturated heterocycles. The number of anilines is 2. The second-order valence-electron chi connectivity index (χ2n) is 9.74. The van der Waals surface area contributed by atoms with Gasteiger partial charge in [0.2, 0.25) is 0 Å². The van der Waals surface area contributed by atoms with Crippen LogP contribution < -0.4 is 5.32 Å². The molecule has 0 radical (unpaired) electrons. The van der Waals surface area contributed by atoms with Crippen molar-refractivity contribution in [1.29, 1.82) is 0 Å². The first-order valence-electron chi connectivity index (χ1n) is 12.5. The molecule has 1 aliphatic heterocycles. The van der Waals surface area contributed by atoms with Crippen molar-refractivity contribution in [2.75, 3.05) is 32.5 Å². The zero-order chi connectivity index (χ0) is 24.2. The van der Waals surface area contributed by atoms with E-state index in [1.807, 2.05) is 37.1 Å². The third-order valence-electron chi connectivity index (χ3n) is 6.72. The van der Waals surface area contributed by atoms with Crippen molar-refractivity contribution in [3.63, 3.8) is 0 Å². The van der Waals surface area contributed by atoms with Crippen LogP contribution in [0, 0.1) is 6.92 Å². The quantitative estimate of drug-likeness (QED) is 0.421. The SMILES string of the molecule is Cc1cc(-c2cnc(Nc3cnc(CN4CCC(N(C)C)C4)cn3)s2)nc(SC2CCCCC2)n1. The van der Waals surface area contributed by atoms with Crippen molar-refractivity contribution in [3.05, 3.63) is 36.0 Å². The molecule has 3 aromatic heterocycles. The highest BCUT2D eigenvalue weighted by molar-refractivity contribution is 7.99. The molecule has 35 heavy (non-hydrogen) atoms. The molecule has 3 aromatic rings. The zero-order valence-electron chi connectivity index (χ0n) is 20.8. The number of nitrogens with zero attached hydrogens (tertiary/aromatic N) is 7. The largest absolute Gasteiger partial charge is 0.315 e. The number of nitrogens with one attached hydrogen (secondary N) is 1. The van der Waals surface area contributed by atoms with Crippen molar-refractivity contribution in [2.24, 2.45) is 0 Å². The van der Waals surface area contributed by atoms with E-state index in [1.165, 1.54) is 38.5 Å². The van der Waals surface area contributed by atoms with Crippen molar-refractivity contribution in [2.45, 2.75) is 68.4 Å². The number of hydrogen-bond donors (Lipinski definition) is 1. The maximum Gasteiger partial charge on any atom is 0.188 e. The van der Waals surface area contributed by atoms with Gasteiger partial charge in [0.15, 0.2) is 16.1 Å². The number of rotatable bonds is 8. The van der Waals surface area contributed by atoms with Gasteiger partial charge in [0.1, 0.15) is 0 Å². The van der Waals surface area contributed by atoms with Crippen molar-refractivity contribution in [3.8, 4) is 10.6 Å². The van der Waals surface area contributed by atoms with Crippen LogP contribution in [0.25, 0.3) is 10.6 Å². The number of likely N-dealkylation sites (N-methyl/N-ethyl adjacent to an activating group) is 1. The number of thiazole rings is 1. The minimum atomic E-state index is 0.628. The van der Waals surface area contributed by atoms with E-state index in [1.54, 1.807) is 17.5 Å². The molecule has 186 valence electrons. The standard InChI is InChI=1S/C25H34N8S2/c1-17-11-21(30-25(29-17)34-20-7-5-4-6-8-20)22-13-28-24(35-22)31-23-14-26-18(12-27-23)15-33-10-9-19(16-33)32(2)3/h11-14,19-20H,4-10,15-16H2,1-3H3,(H,27,28,31). The fraction of sp³-hybridized carbons (Fsp3) is 0.560. The van der Waals surface area contributed by atoms with Crippen LogP contribution in [0.15, 0.2) is 29.8 Å². The summed E-state index contributed by atoms with van der Waals surface area (Å²) in [5.41, 5.74) is 2.92. The second kappa shape index (κ2) is 11.3. The topological polar surface area (TPSA) is 83.0 Å². The Kier molecular flexibility index (Phi) is 7.91. The van der Waals surface area contributed by atoms with E-state index < -0.39 is 0 Å². The summed E-state index contributed by atoms with van der Waals surface area (Å²) in [7, 11) is 4.31. The van der Waals surface area contributed by atoms with Gasteiger partial charge in [-0.1, -0.05) is 42.4 Å². The Hall–Kier alpha value is -2.14. The summed E-state index contributed by atoms with van der Waals surface area (Å²) >= 11 is 3.41. The van der Waals surface area contributed by atoms with Crippen LogP contribution in [0.4, 0.5) is 10.9 Å². The van der Waals surface area contributed by atoms with Crippen LogP contribution in [-0.4, -0.2) is 73.2 Å². The van der Waals surface area contributed by atoms with Crippen LogP contribution in [0.2, 0.25) is 0 Å². The first-order valence-corrected chi connectivity index (χ1v) is 14.2. The average molecular weight is 511 g/mol. The van der Waals surface area contributed by atoms with E-state index in [0.717, 1.165) is 51.9 Å². The van der Waals surface area contributed by atoms with Crippen molar-refractivity contribution >= 4 is 34.0 Å². The van der Waals surface area contributed by atoms with E-state index >= 15 is 0 Å². The summed E-state index contributed by atoms with van der Waals surface area (Å²) in [6, 6.07) is 2.67. The summed E-state index contributed by atoms with van der Waals surface area (Å²) in [5, 5.41) is 5.60. The zero-order valence-corrected chi connectivity index (χ0v) is 22.4. The average Bonchev–Trinajstić information content (AvgIpc) is 3.51. The smallest absolute Gasteiger partial charge is 0.188 e. The minimum absolute atomic E-state index is 0.628. The summed E-state index contributed by atoms with van der Waals surface area (Å²) in [6.45, 7) is 5.07. The molecular formula is C25H34N8S2.